The Labute approximate surface area is 103 Å². The van der Waals surface area contributed by atoms with E-state index in [4.69, 9.17) is 5.26 Å². The van der Waals surface area contributed by atoms with Crippen molar-refractivity contribution in [3.8, 4) is 6.07 Å². The molecule has 2 bridgehead atoms. The van der Waals surface area contributed by atoms with Crippen molar-refractivity contribution in [1.29, 1.82) is 5.26 Å². The van der Waals surface area contributed by atoms with E-state index in [1.54, 1.807) is 11.9 Å². The molecule has 2 unspecified atom stereocenters. The van der Waals surface area contributed by atoms with Crippen LogP contribution in [0, 0.1) is 17.2 Å². The van der Waals surface area contributed by atoms with Crippen molar-refractivity contribution in [2.75, 3.05) is 26.7 Å². The Bertz CT molecular complexity index is 323. The lowest BCUT2D eigenvalue weighted by Gasteiger charge is -2.27. The first-order chi connectivity index (χ1) is 8.20. The first-order valence-electron chi connectivity index (χ1n) is 6.55. The molecule has 4 nitrogen and oxygen atoms in total. The van der Waals surface area contributed by atoms with Gasteiger partial charge >= 0.3 is 0 Å². The molecular formula is C13H21N3O. The molecule has 94 valence electrons. The molecule has 1 saturated carbocycles. The van der Waals surface area contributed by atoms with Crippen LogP contribution in [0.15, 0.2) is 0 Å². The van der Waals surface area contributed by atoms with Crippen LogP contribution in [0.1, 0.15) is 32.1 Å². The Hall–Kier alpha value is -1.08. The van der Waals surface area contributed by atoms with Crippen LogP contribution in [0.2, 0.25) is 0 Å². The molecule has 2 atom stereocenters. The van der Waals surface area contributed by atoms with E-state index >= 15 is 0 Å². The van der Waals surface area contributed by atoms with E-state index in [0.717, 1.165) is 18.5 Å². The summed E-state index contributed by atoms with van der Waals surface area (Å²) in [6.07, 6.45) is 5.08. The maximum absolute atomic E-state index is 11.8. The van der Waals surface area contributed by atoms with E-state index in [-0.39, 0.29) is 5.91 Å². The predicted octanol–water partition coefficient (Wildman–Crippen LogP) is 1.23. The molecule has 0 spiro atoms. The molecule has 1 heterocycles. The molecule has 2 rings (SSSR count). The first-order valence-corrected chi connectivity index (χ1v) is 6.55. The van der Waals surface area contributed by atoms with Crippen molar-refractivity contribution >= 4 is 5.91 Å². The van der Waals surface area contributed by atoms with Crippen LogP contribution in [0.4, 0.5) is 0 Å². The molecule has 1 aliphatic carbocycles. The molecule has 0 N–H and O–H groups in total. The van der Waals surface area contributed by atoms with Gasteiger partial charge < -0.3 is 4.90 Å². The van der Waals surface area contributed by atoms with Gasteiger partial charge in [0.05, 0.1) is 12.5 Å². The van der Waals surface area contributed by atoms with Crippen LogP contribution in [-0.2, 0) is 4.79 Å². The van der Waals surface area contributed by atoms with Crippen molar-refractivity contribution in [3.05, 3.63) is 0 Å². The fourth-order valence-electron chi connectivity index (χ4n) is 3.07. The van der Waals surface area contributed by atoms with E-state index in [1.165, 1.54) is 25.8 Å². The lowest BCUT2D eigenvalue weighted by molar-refractivity contribution is -0.130. The quantitative estimate of drug-likeness (QED) is 0.720. The third kappa shape index (κ3) is 2.98. The average molecular weight is 235 g/mol. The first kappa shape index (κ1) is 12.4. The Morgan fingerprint density at radius 1 is 1.53 bits per heavy atom. The zero-order chi connectivity index (χ0) is 12.3. The number of nitrogens with zero attached hydrogens (tertiary/aromatic N) is 3. The van der Waals surface area contributed by atoms with Gasteiger partial charge in [-0.25, -0.2) is 0 Å². The summed E-state index contributed by atoms with van der Waals surface area (Å²) in [5, 5.41) is 8.47. The number of likely N-dealkylation sites (tertiary alicyclic amines) is 1. The van der Waals surface area contributed by atoms with Crippen molar-refractivity contribution in [2.24, 2.45) is 5.92 Å². The Balaban J connectivity index is 1.68. The van der Waals surface area contributed by atoms with Crippen LogP contribution in [0.3, 0.4) is 0 Å². The third-order valence-corrected chi connectivity index (χ3v) is 4.12. The summed E-state index contributed by atoms with van der Waals surface area (Å²) in [6, 6.07) is 2.82. The normalized spacial score (nSPS) is 27.1. The fraction of sp³-hybridized carbons (Fsp3) is 0.846. The molecule has 4 heteroatoms. The van der Waals surface area contributed by atoms with E-state index in [0.29, 0.717) is 19.4 Å². The second-order valence-electron chi connectivity index (χ2n) is 5.30. The summed E-state index contributed by atoms with van der Waals surface area (Å²) in [5.74, 6) is 1.06. The molecule has 2 aliphatic rings. The van der Waals surface area contributed by atoms with Crippen molar-refractivity contribution in [2.45, 2.75) is 38.1 Å². The number of fused-ring (bicyclic) bond motifs is 2. The monoisotopic (exact) mass is 235 g/mol. The van der Waals surface area contributed by atoms with Gasteiger partial charge in [0.1, 0.15) is 0 Å². The van der Waals surface area contributed by atoms with E-state index in [1.807, 2.05) is 0 Å². The molecule has 2 fully saturated rings. The molecular weight excluding hydrogens is 214 g/mol. The molecule has 1 amide bonds. The maximum Gasteiger partial charge on any atom is 0.223 e. The molecule has 17 heavy (non-hydrogen) atoms. The van der Waals surface area contributed by atoms with E-state index in [2.05, 4.69) is 11.0 Å². The number of hydrogen-bond acceptors (Lipinski definition) is 3. The van der Waals surface area contributed by atoms with Gasteiger partial charge in [0.15, 0.2) is 0 Å². The molecule has 0 aromatic carbocycles. The Kier molecular flexibility index (Phi) is 4.01. The molecule has 0 aromatic heterocycles. The Morgan fingerprint density at radius 2 is 2.35 bits per heavy atom. The van der Waals surface area contributed by atoms with Crippen LogP contribution in [0.25, 0.3) is 0 Å². The summed E-state index contributed by atoms with van der Waals surface area (Å²) in [4.78, 5) is 16.0. The maximum atomic E-state index is 11.8. The van der Waals surface area contributed by atoms with Gasteiger partial charge in [0.25, 0.3) is 0 Å². The standard InChI is InChI=1S/C13H21N3O/c1-15(7-2-6-14)13(17)5-8-16-10-11-3-4-12(16)9-11/h11-12H,2-5,7-10H2,1H3. The van der Waals surface area contributed by atoms with E-state index < -0.39 is 0 Å². The lowest BCUT2D eigenvalue weighted by atomic mass is 10.1. The summed E-state index contributed by atoms with van der Waals surface area (Å²) in [5.41, 5.74) is 0. The number of piperidine rings is 1. The highest BCUT2D eigenvalue weighted by Crippen LogP contribution is 2.37. The van der Waals surface area contributed by atoms with Crippen molar-refractivity contribution < 1.29 is 4.79 Å². The minimum absolute atomic E-state index is 0.169. The average Bonchev–Trinajstić information content (AvgIpc) is 2.94. The number of rotatable bonds is 5. The largest absolute Gasteiger partial charge is 0.345 e. The Morgan fingerprint density at radius 3 is 2.94 bits per heavy atom. The number of hydrogen-bond donors (Lipinski definition) is 0. The summed E-state index contributed by atoms with van der Waals surface area (Å²) >= 11 is 0. The second-order valence-corrected chi connectivity index (χ2v) is 5.30. The summed E-state index contributed by atoms with van der Waals surface area (Å²) in [6.45, 7) is 2.65. The molecule has 0 aromatic rings. The van der Waals surface area contributed by atoms with Crippen molar-refractivity contribution in [3.63, 3.8) is 0 Å². The van der Waals surface area contributed by atoms with Gasteiger partial charge in [-0.15, -0.1) is 0 Å². The van der Waals surface area contributed by atoms with Gasteiger partial charge in [-0.2, -0.15) is 5.26 Å². The minimum Gasteiger partial charge on any atom is -0.345 e. The van der Waals surface area contributed by atoms with Gasteiger partial charge in [-0.1, -0.05) is 0 Å². The van der Waals surface area contributed by atoms with Gasteiger partial charge in [-0.05, 0) is 25.2 Å². The van der Waals surface area contributed by atoms with Crippen LogP contribution in [-0.4, -0.2) is 48.4 Å². The van der Waals surface area contributed by atoms with Crippen LogP contribution >= 0.6 is 0 Å². The number of amides is 1. The topological polar surface area (TPSA) is 47.3 Å². The highest BCUT2D eigenvalue weighted by Gasteiger charge is 2.37. The minimum atomic E-state index is 0.169. The lowest BCUT2D eigenvalue weighted by Crippen LogP contribution is -2.36. The highest BCUT2D eigenvalue weighted by molar-refractivity contribution is 5.76. The number of nitriles is 1. The van der Waals surface area contributed by atoms with Crippen LogP contribution < -0.4 is 0 Å². The van der Waals surface area contributed by atoms with Gasteiger partial charge in [-0.3, -0.25) is 9.69 Å². The summed E-state index contributed by atoms with van der Waals surface area (Å²) in [7, 11) is 1.79. The predicted molar refractivity (Wildman–Crippen MR) is 65.2 cm³/mol. The summed E-state index contributed by atoms with van der Waals surface area (Å²) < 4.78 is 0. The molecule has 1 saturated heterocycles. The van der Waals surface area contributed by atoms with Crippen molar-refractivity contribution in [1.82, 2.24) is 9.80 Å². The number of carbonyl (C=O) groups excluding carboxylic acids is 1. The zero-order valence-electron chi connectivity index (χ0n) is 10.6. The fourth-order valence-corrected chi connectivity index (χ4v) is 3.07. The smallest absolute Gasteiger partial charge is 0.223 e. The third-order valence-electron chi connectivity index (χ3n) is 4.12. The molecule has 0 radical (unpaired) electrons. The SMILES string of the molecule is CN(CCC#N)C(=O)CCN1CC2CCC1C2. The number of carbonyl (C=O) groups is 1. The zero-order valence-corrected chi connectivity index (χ0v) is 10.6. The van der Waals surface area contributed by atoms with E-state index in [9.17, 15) is 4.79 Å². The molecule has 1 aliphatic heterocycles. The second kappa shape index (κ2) is 5.50. The highest BCUT2D eigenvalue weighted by atomic mass is 16.2. The van der Waals surface area contributed by atoms with Gasteiger partial charge in [0, 0.05) is 39.1 Å². The van der Waals surface area contributed by atoms with Gasteiger partial charge in [0.2, 0.25) is 5.91 Å². The van der Waals surface area contributed by atoms with Crippen LogP contribution in [0.5, 0.6) is 0 Å².